The van der Waals surface area contributed by atoms with Crippen LogP contribution in [-0.4, -0.2) is 59.3 Å². The van der Waals surface area contributed by atoms with Crippen LogP contribution in [0.3, 0.4) is 0 Å². The predicted octanol–water partition coefficient (Wildman–Crippen LogP) is 2.88. The highest BCUT2D eigenvalue weighted by Gasteiger charge is 2.33. The maximum Gasteiger partial charge on any atom is 0.0774 e. The van der Waals surface area contributed by atoms with E-state index in [0.29, 0.717) is 0 Å². The third-order valence-corrected chi connectivity index (χ3v) is 6.21. The van der Waals surface area contributed by atoms with E-state index in [9.17, 15) is 5.11 Å². The van der Waals surface area contributed by atoms with E-state index in [-0.39, 0.29) is 5.60 Å². The van der Waals surface area contributed by atoms with Crippen molar-refractivity contribution < 1.29 is 5.11 Å². The third-order valence-electron chi connectivity index (χ3n) is 6.21. The zero-order chi connectivity index (χ0) is 14.7. The average Bonchev–Trinajstić information content (AvgIpc) is 2.49. The molecule has 0 bridgehead atoms. The van der Waals surface area contributed by atoms with E-state index in [1.165, 1.54) is 58.0 Å². The van der Waals surface area contributed by atoms with Crippen LogP contribution in [0.4, 0.5) is 0 Å². The van der Waals surface area contributed by atoms with E-state index in [0.717, 1.165) is 44.4 Å². The van der Waals surface area contributed by atoms with Crippen LogP contribution in [-0.2, 0) is 0 Å². The van der Waals surface area contributed by atoms with E-state index < -0.39 is 0 Å². The molecule has 0 unspecified atom stereocenters. The molecular weight excluding hydrogens is 260 g/mol. The van der Waals surface area contributed by atoms with Crippen LogP contribution in [0.15, 0.2) is 0 Å². The van der Waals surface area contributed by atoms with E-state index in [1.54, 1.807) is 0 Å². The summed E-state index contributed by atoms with van der Waals surface area (Å²) in [6, 6.07) is 0.848. The smallest absolute Gasteiger partial charge is 0.0774 e. The molecule has 3 rings (SSSR count). The van der Waals surface area contributed by atoms with Gasteiger partial charge in [-0.1, -0.05) is 26.2 Å². The number of piperazine rings is 1. The highest BCUT2D eigenvalue weighted by atomic mass is 16.3. The number of hydrogen-bond donors (Lipinski definition) is 1. The molecule has 3 heteroatoms. The van der Waals surface area contributed by atoms with Crippen molar-refractivity contribution in [1.29, 1.82) is 0 Å². The van der Waals surface area contributed by atoms with Crippen LogP contribution in [0.5, 0.6) is 0 Å². The predicted molar refractivity (Wildman–Crippen MR) is 87.5 cm³/mol. The third kappa shape index (κ3) is 4.20. The largest absolute Gasteiger partial charge is 0.389 e. The quantitative estimate of drug-likeness (QED) is 0.867. The molecule has 0 radical (unpaired) electrons. The van der Waals surface area contributed by atoms with Crippen LogP contribution in [0.2, 0.25) is 0 Å². The summed E-state index contributed by atoms with van der Waals surface area (Å²) in [5, 5.41) is 10.7. The Morgan fingerprint density at radius 1 is 0.905 bits per heavy atom. The molecule has 0 atom stereocenters. The maximum absolute atomic E-state index is 10.7. The van der Waals surface area contributed by atoms with E-state index in [4.69, 9.17) is 0 Å². The Morgan fingerprint density at radius 3 is 2.14 bits per heavy atom. The molecule has 3 nitrogen and oxygen atoms in total. The molecule has 0 amide bonds. The monoisotopic (exact) mass is 294 g/mol. The van der Waals surface area contributed by atoms with Crippen molar-refractivity contribution in [3.8, 4) is 0 Å². The molecule has 1 saturated heterocycles. The van der Waals surface area contributed by atoms with Crippen molar-refractivity contribution in [2.75, 3.05) is 32.7 Å². The number of aliphatic hydroxyl groups is 1. The van der Waals surface area contributed by atoms with Crippen molar-refractivity contribution in [2.45, 2.75) is 76.4 Å². The minimum atomic E-state index is -0.374. The molecular formula is C18H34N2O. The SMILES string of the molecule is CC1CCC(N2CCN(CC3(O)CCCCC3)CC2)CC1. The number of β-amino-alcohol motifs (C(OH)–C–C–N with tert-alkyl or cyclic N) is 1. The minimum absolute atomic E-state index is 0.374. The average molecular weight is 294 g/mol. The summed E-state index contributed by atoms with van der Waals surface area (Å²) in [5.41, 5.74) is -0.374. The second-order valence-electron chi connectivity index (χ2n) is 8.01. The van der Waals surface area contributed by atoms with Crippen LogP contribution in [0.25, 0.3) is 0 Å². The number of rotatable bonds is 3. The Morgan fingerprint density at radius 2 is 1.52 bits per heavy atom. The molecule has 122 valence electrons. The molecule has 0 aromatic heterocycles. The molecule has 1 N–H and O–H groups in total. The van der Waals surface area contributed by atoms with Gasteiger partial charge in [0.1, 0.15) is 0 Å². The van der Waals surface area contributed by atoms with Crippen molar-refractivity contribution in [2.24, 2.45) is 5.92 Å². The highest BCUT2D eigenvalue weighted by Crippen LogP contribution is 2.30. The molecule has 21 heavy (non-hydrogen) atoms. The van der Waals surface area contributed by atoms with E-state index in [2.05, 4.69) is 16.7 Å². The van der Waals surface area contributed by atoms with Gasteiger partial charge in [-0.05, 0) is 44.4 Å². The van der Waals surface area contributed by atoms with Gasteiger partial charge in [-0.15, -0.1) is 0 Å². The fourth-order valence-corrected chi connectivity index (χ4v) is 4.68. The first kappa shape index (κ1) is 15.8. The fourth-order valence-electron chi connectivity index (χ4n) is 4.68. The lowest BCUT2D eigenvalue weighted by atomic mass is 9.84. The first-order valence-electron chi connectivity index (χ1n) is 9.33. The van der Waals surface area contributed by atoms with Gasteiger partial charge in [-0.3, -0.25) is 9.80 Å². The van der Waals surface area contributed by atoms with Crippen LogP contribution < -0.4 is 0 Å². The summed E-state index contributed by atoms with van der Waals surface area (Å²) in [4.78, 5) is 5.25. The highest BCUT2D eigenvalue weighted by molar-refractivity contribution is 4.88. The number of hydrogen-bond acceptors (Lipinski definition) is 3. The van der Waals surface area contributed by atoms with Gasteiger partial charge >= 0.3 is 0 Å². The molecule has 1 aliphatic heterocycles. The molecule has 3 aliphatic rings. The Bertz CT molecular complexity index is 311. The molecule has 2 aliphatic carbocycles. The van der Waals surface area contributed by atoms with Gasteiger partial charge in [-0.2, -0.15) is 0 Å². The summed E-state index contributed by atoms with van der Waals surface area (Å²) >= 11 is 0. The zero-order valence-electron chi connectivity index (χ0n) is 13.9. The van der Waals surface area contributed by atoms with E-state index >= 15 is 0 Å². The van der Waals surface area contributed by atoms with Gasteiger partial charge in [-0.25, -0.2) is 0 Å². The molecule has 0 aromatic rings. The second kappa shape index (κ2) is 6.97. The van der Waals surface area contributed by atoms with Crippen molar-refractivity contribution in [3.63, 3.8) is 0 Å². The van der Waals surface area contributed by atoms with Gasteiger partial charge < -0.3 is 5.11 Å². The zero-order valence-corrected chi connectivity index (χ0v) is 13.9. The summed E-state index contributed by atoms with van der Waals surface area (Å²) in [5.74, 6) is 0.947. The fraction of sp³-hybridized carbons (Fsp3) is 1.00. The first-order valence-corrected chi connectivity index (χ1v) is 9.33. The van der Waals surface area contributed by atoms with Gasteiger partial charge in [0, 0.05) is 38.8 Å². The molecule has 3 fully saturated rings. The Kier molecular flexibility index (Phi) is 5.23. The molecule has 0 spiro atoms. The van der Waals surface area contributed by atoms with Gasteiger partial charge in [0.2, 0.25) is 0 Å². The Hall–Kier alpha value is -0.120. The number of nitrogens with zero attached hydrogens (tertiary/aromatic N) is 2. The van der Waals surface area contributed by atoms with Gasteiger partial charge in [0.25, 0.3) is 0 Å². The summed E-state index contributed by atoms with van der Waals surface area (Å²) in [6.07, 6.45) is 11.5. The normalized spacial score (nSPS) is 35.7. The summed E-state index contributed by atoms with van der Waals surface area (Å²) in [6.45, 7) is 8.08. The maximum atomic E-state index is 10.7. The first-order chi connectivity index (χ1) is 10.1. The lowest BCUT2D eigenvalue weighted by Crippen LogP contribution is -2.54. The molecule has 2 saturated carbocycles. The lowest BCUT2D eigenvalue weighted by Gasteiger charge is -2.44. The lowest BCUT2D eigenvalue weighted by molar-refractivity contribution is -0.0398. The topological polar surface area (TPSA) is 26.7 Å². The van der Waals surface area contributed by atoms with Gasteiger partial charge in [0.15, 0.2) is 0 Å². The standard InChI is InChI=1S/C18H34N2O/c1-16-5-7-17(8-6-16)20-13-11-19(12-14-20)15-18(21)9-3-2-4-10-18/h16-17,21H,2-15H2,1H3. The van der Waals surface area contributed by atoms with Crippen LogP contribution in [0, 0.1) is 5.92 Å². The Balaban J connectivity index is 1.42. The minimum Gasteiger partial charge on any atom is -0.389 e. The summed E-state index contributed by atoms with van der Waals surface area (Å²) in [7, 11) is 0. The second-order valence-corrected chi connectivity index (χ2v) is 8.01. The van der Waals surface area contributed by atoms with Crippen molar-refractivity contribution in [1.82, 2.24) is 9.80 Å². The van der Waals surface area contributed by atoms with Crippen LogP contribution in [0.1, 0.15) is 64.7 Å². The van der Waals surface area contributed by atoms with Crippen molar-refractivity contribution in [3.05, 3.63) is 0 Å². The van der Waals surface area contributed by atoms with E-state index in [1.807, 2.05) is 0 Å². The van der Waals surface area contributed by atoms with Crippen LogP contribution >= 0.6 is 0 Å². The summed E-state index contributed by atoms with van der Waals surface area (Å²) < 4.78 is 0. The molecule has 0 aromatic carbocycles. The van der Waals surface area contributed by atoms with Gasteiger partial charge in [0.05, 0.1) is 5.60 Å². The Labute approximate surface area is 130 Å². The van der Waals surface area contributed by atoms with Crippen molar-refractivity contribution >= 4 is 0 Å². The molecule has 1 heterocycles.